The molecule has 1 heterocycles. The smallest absolute Gasteiger partial charge is 0.275 e. The molecule has 28 heavy (non-hydrogen) atoms. The van der Waals surface area contributed by atoms with E-state index >= 15 is 0 Å². The van der Waals surface area contributed by atoms with Crippen LogP contribution in [-0.2, 0) is 9.59 Å². The molecule has 1 aliphatic rings. The first-order chi connectivity index (χ1) is 13.5. The molecule has 2 amide bonds. The monoisotopic (exact) mass is 389 g/mol. The molecule has 0 aliphatic carbocycles. The number of hydrogen-bond donors (Lipinski definition) is 3. The molecule has 1 saturated heterocycles. The van der Waals surface area contributed by atoms with Crippen LogP contribution in [0.1, 0.15) is 0 Å². The number of para-hydroxylation sites is 1. The Kier molecular flexibility index (Phi) is 6.54. The van der Waals surface area contributed by atoms with Gasteiger partial charge < -0.3 is 20.4 Å². The molecule has 148 valence electrons. The maximum absolute atomic E-state index is 13.1. The maximum atomic E-state index is 13.1. The Labute approximate surface area is 162 Å². The number of hydrogen-bond acceptors (Lipinski definition) is 3. The molecule has 1 fully saturated rings. The van der Waals surface area contributed by atoms with Crippen molar-refractivity contribution < 1.29 is 23.3 Å². The van der Waals surface area contributed by atoms with Gasteiger partial charge >= 0.3 is 0 Å². The molecule has 2 aromatic rings. The first kappa shape index (κ1) is 19.8. The molecule has 6 nitrogen and oxygen atoms in total. The van der Waals surface area contributed by atoms with E-state index in [0.717, 1.165) is 43.2 Å². The lowest BCUT2D eigenvalue weighted by Crippen LogP contribution is -3.16. The van der Waals surface area contributed by atoms with Gasteiger partial charge in [-0.3, -0.25) is 9.59 Å². The molecule has 0 atom stereocenters. The normalized spacial score (nSPS) is 14.6. The summed E-state index contributed by atoms with van der Waals surface area (Å²) in [5.41, 5.74) is 1.32. The maximum Gasteiger partial charge on any atom is 0.275 e. The van der Waals surface area contributed by atoms with Gasteiger partial charge in [0.25, 0.3) is 5.91 Å². The van der Waals surface area contributed by atoms with Crippen LogP contribution in [0.25, 0.3) is 0 Å². The van der Waals surface area contributed by atoms with Crippen LogP contribution >= 0.6 is 0 Å². The van der Waals surface area contributed by atoms with Crippen LogP contribution in [0, 0.1) is 11.6 Å². The zero-order valence-corrected chi connectivity index (χ0v) is 15.4. The number of carbonyl (C=O) groups excluding carboxylic acids is 2. The van der Waals surface area contributed by atoms with Crippen molar-refractivity contribution in [3.63, 3.8) is 0 Å². The van der Waals surface area contributed by atoms with Gasteiger partial charge in [0.05, 0.1) is 32.7 Å². The molecular formula is C20H23F2N4O2+. The molecule has 0 radical (unpaired) electrons. The highest BCUT2D eigenvalue weighted by Gasteiger charge is 2.22. The van der Waals surface area contributed by atoms with Crippen LogP contribution in [0.5, 0.6) is 0 Å². The summed E-state index contributed by atoms with van der Waals surface area (Å²) in [6.45, 7) is 3.47. The molecule has 2 aromatic carbocycles. The van der Waals surface area contributed by atoms with E-state index < -0.39 is 17.5 Å². The summed E-state index contributed by atoms with van der Waals surface area (Å²) in [6.07, 6.45) is 0. The number of carbonyl (C=O) groups is 2. The van der Waals surface area contributed by atoms with E-state index in [9.17, 15) is 18.4 Å². The van der Waals surface area contributed by atoms with Crippen LogP contribution in [0.4, 0.5) is 20.2 Å². The van der Waals surface area contributed by atoms with Gasteiger partial charge in [-0.1, -0.05) is 18.2 Å². The SMILES string of the molecule is O=C(C[NH+]1CCN(c2ccccc2)CC1)NCC(=O)Nc1ccc(F)c(F)c1. The van der Waals surface area contributed by atoms with E-state index in [2.05, 4.69) is 27.7 Å². The van der Waals surface area contributed by atoms with E-state index in [1.807, 2.05) is 18.2 Å². The second-order valence-electron chi connectivity index (χ2n) is 6.70. The Morgan fingerprint density at radius 2 is 1.68 bits per heavy atom. The van der Waals surface area contributed by atoms with Gasteiger partial charge in [0.1, 0.15) is 0 Å². The number of nitrogens with zero attached hydrogens (tertiary/aromatic N) is 1. The predicted octanol–water partition coefficient (Wildman–Crippen LogP) is 0.425. The molecule has 0 spiro atoms. The van der Waals surface area contributed by atoms with Crippen molar-refractivity contribution in [2.45, 2.75) is 0 Å². The van der Waals surface area contributed by atoms with Gasteiger partial charge in [-0.05, 0) is 24.3 Å². The fraction of sp³-hybridized carbons (Fsp3) is 0.300. The second-order valence-corrected chi connectivity index (χ2v) is 6.70. The first-order valence-electron chi connectivity index (χ1n) is 9.16. The Morgan fingerprint density at radius 3 is 2.36 bits per heavy atom. The van der Waals surface area contributed by atoms with Gasteiger partial charge in [-0.2, -0.15) is 0 Å². The minimum absolute atomic E-state index is 0.140. The summed E-state index contributed by atoms with van der Waals surface area (Å²) < 4.78 is 26.0. The highest BCUT2D eigenvalue weighted by Crippen LogP contribution is 2.13. The number of nitrogens with one attached hydrogen (secondary N) is 3. The van der Waals surface area contributed by atoms with Crippen LogP contribution in [0.15, 0.2) is 48.5 Å². The minimum Gasteiger partial charge on any atom is -0.360 e. The third-order valence-electron chi connectivity index (χ3n) is 4.65. The lowest BCUT2D eigenvalue weighted by Gasteiger charge is -2.33. The fourth-order valence-corrected chi connectivity index (χ4v) is 3.14. The average molecular weight is 389 g/mol. The standard InChI is InChI=1S/C20H22F2N4O2/c21-17-7-6-15(12-18(17)22)24-19(27)13-23-20(28)14-25-8-10-26(11-9-25)16-4-2-1-3-5-16/h1-7,12H,8-11,13-14H2,(H,23,28)(H,24,27)/p+1. The van der Waals surface area contributed by atoms with Gasteiger partial charge in [0, 0.05) is 17.4 Å². The summed E-state index contributed by atoms with van der Waals surface area (Å²) in [5, 5.41) is 4.98. The summed E-state index contributed by atoms with van der Waals surface area (Å²) in [7, 11) is 0. The Balaban J connectivity index is 1.37. The lowest BCUT2D eigenvalue weighted by atomic mass is 10.2. The van der Waals surface area contributed by atoms with Crippen molar-refractivity contribution in [2.75, 3.05) is 49.5 Å². The summed E-state index contributed by atoms with van der Waals surface area (Å²) in [5.74, 6) is -2.74. The minimum atomic E-state index is -1.04. The molecule has 0 bridgehead atoms. The van der Waals surface area contributed by atoms with Crippen LogP contribution < -0.4 is 20.4 Å². The number of quaternary nitrogens is 1. The van der Waals surface area contributed by atoms with E-state index in [0.29, 0.717) is 6.54 Å². The molecule has 3 rings (SSSR count). The van der Waals surface area contributed by atoms with Crippen molar-refractivity contribution in [1.82, 2.24) is 5.32 Å². The van der Waals surface area contributed by atoms with Crippen LogP contribution in [0.2, 0.25) is 0 Å². The molecule has 0 saturated carbocycles. The molecule has 0 unspecified atom stereocenters. The zero-order valence-electron chi connectivity index (χ0n) is 15.4. The molecule has 0 aromatic heterocycles. The van der Waals surface area contributed by atoms with E-state index in [-0.39, 0.29) is 18.1 Å². The second kappa shape index (κ2) is 9.27. The lowest BCUT2D eigenvalue weighted by molar-refractivity contribution is -0.892. The van der Waals surface area contributed by atoms with Crippen molar-refractivity contribution in [1.29, 1.82) is 0 Å². The summed E-state index contributed by atoms with van der Waals surface area (Å²) in [6, 6.07) is 13.2. The Hall–Kier alpha value is -3.00. The average Bonchev–Trinajstić information content (AvgIpc) is 2.70. The topological polar surface area (TPSA) is 65.9 Å². The molecule has 1 aliphatic heterocycles. The van der Waals surface area contributed by atoms with Gasteiger partial charge in [-0.15, -0.1) is 0 Å². The quantitative estimate of drug-likeness (QED) is 0.671. The highest BCUT2D eigenvalue weighted by molar-refractivity contribution is 5.94. The summed E-state index contributed by atoms with van der Waals surface area (Å²) >= 11 is 0. The molecule has 8 heteroatoms. The number of halogens is 2. The van der Waals surface area contributed by atoms with Crippen LogP contribution in [0.3, 0.4) is 0 Å². The van der Waals surface area contributed by atoms with E-state index in [1.54, 1.807) is 0 Å². The van der Waals surface area contributed by atoms with Gasteiger partial charge in [-0.25, -0.2) is 8.78 Å². The van der Waals surface area contributed by atoms with Crippen molar-refractivity contribution >= 4 is 23.2 Å². The fourth-order valence-electron chi connectivity index (χ4n) is 3.14. The van der Waals surface area contributed by atoms with Gasteiger partial charge in [0.15, 0.2) is 18.2 Å². The number of amides is 2. The predicted molar refractivity (Wildman–Crippen MR) is 102 cm³/mol. The largest absolute Gasteiger partial charge is 0.360 e. The third kappa shape index (κ3) is 5.50. The molecule has 3 N–H and O–H groups in total. The molecular weight excluding hydrogens is 366 g/mol. The van der Waals surface area contributed by atoms with Crippen molar-refractivity contribution in [2.24, 2.45) is 0 Å². The third-order valence-corrected chi connectivity index (χ3v) is 4.65. The Bertz CT molecular complexity index is 824. The highest BCUT2D eigenvalue weighted by atomic mass is 19.2. The Morgan fingerprint density at radius 1 is 0.964 bits per heavy atom. The van der Waals surface area contributed by atoms with E-state index in [4.69, 9.17) is 0 Å². The van der Waals surface area contributed by atoms with Crippen molar-refractivity contribution in [3.05, 3.63) is 60.2 Å². The van der Waals surface area contributed by atoms with Crippen molar-refractivity contribution in [3.8, 4) is 0 Å². The van der Waals surface area contributed by atoms with E-state index in [1.165, 1.54) is 11.8 Å². The zero-order chi connectivity index (χ0) is 19.9. The summed E-state index contributed by atoms with van der Waals surface area (Å²) in [4.78, 5) is 27.4. The van der Waals surface area contributed by atoms with Crippen LogP contribution in [-0.4, -0.2) is 51.1 Å². The first-order valence-corrected chi connectivity index (χ1v) is 9.16. The van der Waals surface area contributed by atoms with Gasteiger partial charge in [0.2, 0.25) is 5.91 Å². The number of piperazine rings is 1. The number of anilines is 2. The number of rotatable bonds is 6. The number of benzene rings is 2.